The number of nitrogens with zero attached hydrogens (tertiary/aromatic N) is 3. The summed E-state index contributed by atoms with van der Waals surface area (Å²) in [6.45, 7) is -0.213. The molecule has 2 aromatic carbocycles. The highest BCUT2D eigenvalue weighted by molar-refractivity contribution is 7.16. The molecule has 30 heavy (non-hydrogen) atoms. The zero-order chi connectivity index (χ0) is 21.8. The number of nitro benzene ring substituents is 1. The average molecular weight is 431 g/mol. The maximum absolute atomic E-state index is 12.7. The van der Waals surface area contributed by atoms with Gasteiger partial charge in [-0.2, -0.15) is 4.99 Å². The topological polar surface area (TPSA) is 122 Å². The Morgan fingerprint density at radius 1 is 1.13 bits per heavy atom. The van der Waals surface area contributed by atoms with Gasteiger partial charge in [0.15, 0.2) is 16.3 Å². The Bertz CT molecular complexity index is 1210. The molecule has 0 atom stereocenters. The summed E-state index contributed by atoms with van der Waals surface area (Å²) in [5, 5.41) is 11.2. The summed E-state index contributed by atoms with van der Waals surface area (Å²) in [5.74, 6) is -0.457. The number of esters is 1. The van der Waals surface area contributed by atoms with E-state index in [1.807, 2.05) is 0 Å². The van der Waals surface area contributed by atoms with Gasteiger partial charge in [0.25, 0.3) is 11.6 Å². The molecule has 1 heterocycles. The molecule has 3 aromatic rings. The Morgan fingerprint density at radius 2 is 1.80 bits per heavy atom. The minimum absolute atomic E-state index is 0.153. The quantitative estimate of drug-likeness (QED) is 0.334. The number of aromatic nitrogens is 1. The number of para-hydroxylation sites is 1. The third kappa shape index (κ3) is 4.01. The fraction of sp³-hybridized carbons (Fsp3) is 0.211. The van der Waals surface area contributed by atoms with Crippen molar-refractivity contribution in [1.82, 2.24) is 4.57 Å². The number of thiazole rings is 1. The van der Waals surface area contributed by atoms with E-state index in [0.717, 1.165) is 11.3 Å². The average Bonchev–Trinajstić information content (AvgIpc) is 3.07. The van der Waals surface area contributed by atoms with Crippen LogP contribution in [0.2, 0.25) is 0 Å². The Balaban J connectivity index is 2.23. The van der Waals surface area contributed by atoms with E-state index in [1.54, 1.807) is 12.1 Å². The molecule has 10 nitrogen and oxygen atoms in total. The zero-order valence-electron chi connectivity index (χ0n) is 16.3. The number of ether oxygens (including phenoxy) is 3. The van der Waals surface area contributed by atoms with E-state index in [2.05, 4.69) is 4.99 Å². The Labute approximate surface area is 174 Å². The second-order valence-electron chi connectivity index (χ2n) is 5.91. The van der Waals surface area contributed by atoms with E-state index in [1.165, 1.54) is 50.2 Å². The van der Waals surface area contributed by atoms with Crippen molar-refractivity contribution in [2.45, 2.75) is 6.54 Å². The van der Waals surface area contributed by atoms with Crippen LogP contribution in [0.1, 0.15) is 10.4 Å². The summed E-state index contributed by atoms with van der Waals surface area (Å²) >= 11 is 1.12. The highest BCUT2D eigenvalue weighted by Crippen LogP contribution is 2.33. The van der Waals surface area contributed by atoms with Gasteiger partial charge in [0.05, 0.1) is 36.5 Å². The third-order valence-electron chi connectivity index (χ3n) is 4.23. The van der Waals surface area contributed by atoms with Crippen LogP contribution in [0.25, 0.3) is 10.2 Å². The van der Waals surface area contributed by atoms with Crippen LogP contribution in [0.5, 0.6) is 11.5 Å². The summed E-state index contributed by atoms with van der Waals surface area (Å²) in [6, 6.07) is 8.88. The Hall–Kier alpha value is -3.73. The van der Waals surface area contributed by atoms with Crippen molar-refractivity contribution >= 4 is 39.1 Å². The molecule has 0 spiro atoms. The van der Waals surface area contributed by atoms with Crippen LogP contribution in [-0.2, 0) is 16.1 Å². The maximum atomic E-state index is 12.7. The monoisotopic (exact) mass is 431 g/mol. The van der Waals surface area contributed by atoms with Crippen LogP contribution < -0.4 is 14.3 Å². The second kappa shape index (κ2) is 8.74. The van der Waals surface area contributed by atoms with Crippen molar-refractivity contribution in [3.05, 3.63) is 56.9 Å². The third-order valence-corrected chi connectivity index (χ3v) is 5.27. The minimum atomic E-state index is -0.800. The molecule has 1 amide bonds. The number of nitro groups is 1. The number of hydrogen-bond donors (Lipinski definition) is 0. The fourth-order valence-electron chi connectivity index (χ4n) is 2.79. The molecule has 0 aliphatic heterocycles. The van der Waals surface area contributed by atoms with E-state index in [0.29, 0.717) is 21.7 Å². The molecule has 3 rings (SSSR count). The molecule has 1 aromatic heterocycles. The molecule has 11 heteroatoms. The molecule has 0 unspecified atom stereocenters. The molecular weight excluding hydrogens is 414 g/mol. The number of benzene rings is 2. The first-order valence-electron chi connectivity index (χ1n) is 8.54. The van der Waals surface area contributed by atoms with Gasteiger partial charge in [-0.05, 0) is 6.07 Å². The van der Waals surface area contributed by atoms with E-state index < -0.39 is 16.8 Å². The van der Waals surface area contributed by atoms with Gasteiger partial charge in [-0.3, -0.25) is 19.7 Å². The van der Waals surface area contributed by atoms with Gasteiger partial charge < -0.3 is 18.8 Å². The smallest absolute Gasteiger partial charge is 0.325 e. The second-order valence-corrected chi connectivity index (χ2v) is 6.92. The van der Waals surface area contributed by atoms with Crippen LogP contribution in [-0.4, -0.2) is 42.7 Å². The number of rotatable bonds is 6. The van der Waals surface area contributed by atoms with Crippen LogP contribution in [0.3, 0.4) is 0 Å². The predicted molar refractivity (Wildman–Crippen MR) is 108 cm³/mol. The van der Waals surface area contributed by atoms with Crippen LogP contribution in [0.15, 0.2) is 41.4 Å². The maximum Gasteiger partial charge on any atom is 0.325 e. The summed E-state index contributed by atoms with van der Waals surface area (Å²) in [7, 11) is 4.21. The molecule has 0 fully saturated rings. The van der Waals surface area contributed by atoms with Crippen molar-refractivity contribution in [2.24, 2.45) is 4.99 Å². The Kier molecular flexibility index (Phi) is 6.11. The molecule has 0 aliphatic rings. The molecule has 0 N–H and O–H groups in total. The SMILES string of the molecule is COC(=O)Cn1c(=NC(=O)c2ccccc2[N+](=O)[O-])sc2cc(OC)c(OC)cc21. The van der Waals surface area contributed by atoms with Crippen LogP contribution >= 0.6 is 11.3 Å². The Morgan fingerprint density at radius 3 is 2.43 bits per heavy atom. The van der Waals surface area contributed by atoms with Crippen LogP contribution in [0.4, 0.5) is 5.69 Å². The molecular formula is C19H17N3O7S. The largest absolute Gasteiger partial charge is 0.493 e. The molecule has 0 saturated carbocycles. The highest BCUT2D eigenvalue weighted by Gasteiger charge is 2.20. The highest BCUT2D eigenvalue weighted by atomic mass is 32.1. The van der Waals surface area contributed by atoms with Crippen molar-refractivity contribution in [1.29, 1.82) is 0 Å². The summed E-state index contributed by atoms with van der Waals surface area (Å²) in [5.41, 5.74) is 0.0621. The number of carbonyl (C=O) groups excluding carboxylic acids is 2. The van der Waals surface area contributed by atoms with Crippen molar-refractivity contribution in [3.63, 3.8) is 0 Å². The molecule has 0 bridgehead atoms. The first kappa shape index (κ1) is 21.0. The lowest BCUT2D eigenvalue weighted by molar-refractivity contribution is -0.385. The van der Waals surface area contributed by atoms with E-state index >= 15 is 0 Å². The standard InChI is InChI=1S/C19H17N3O7S/c1-27-14-8-13-16(9-15(14)28-2)30-19(21(13)10-17(23)29-3)20-18(24)11-6-4-5-7-12(11)22(25)26/h4-9H,10H2,1-3H3. The first-order valence-corrected chi connectivity index (χ1v) is 9.36. The van der Waals surface area contributed by atoms with E-state index in [4.69, 9.17) is 14.2 Å². The van der Waals surface area contributed by atoms with Gasteiger partial charge in [-0.15, -0.1) is 0 Å². The molecule has 0 radical (unpaired) electrons. The van der Waals surface area contributed by atoms with Gasteiger partial charge in [0.2, 0.25) is 0 Å². The van der Waals surface area contributed by atoms with Gasteiger partial charge in [0, 0.05) is 18.2 Å². The summed E-state index contributed by atoms with van der Waals surface area (Å²) in [6.07, 6.45) is 0. The number of hydrogen-bond acceptors (Lipinski definition) is 8. The number of amides is 1. The van der Waals surface area contributed by atoms with Crippen molar-refractivity contribution < 1.29 is 28.7 Å². The van der Waals surface area contributed by atoms with Crippen molar-refractivity contribution in [2.75, 3.05) is 21.3 Å². The minimum Gasteiger partial charge on any atom is -0.493 e. The number of fused-ring (bicyclic) bond motifs is 1. The van der Waals surface area contributed by atoms with Gasteiger partial charge >= 0.3 is 5.97 Å². The van der Waals surface area contributed by atoms with Gasteiger partial charge in [0.1, 0.15) is 12.1 Å². The first-order chi connectivity index (χ1) is 14.4. The number of carbonyl (C=O) groups is 2. The lowest BCUT2D eigenvalue weighted by atomic mass is 10.2. The van der Waals surface area contributed by atoms with Crippen molar-refractivity contribution in [3.8, 4) is 11.5 Å². The summed E-state index contributed by atoms with van der Waals surface area (Å²) < 4.78 is 17.5. The van der Waals surface area contributed by atoms with Crippen LogP contribution in [0, 0.1) is 10.1 Å². The van der Waals surface area contributed by atoms with Gasteiger partial charge in [-0.25, -0.2) is 0 Å². The molecule has 156 valence electrons. The lowest BCUT2D eigenvalue weighted by Crippen LogP contribution is -2.22. The van der Waals surface area contributed by atoms with E-state index in [-0.39, 0.29) is 22.6 Å². The summed E-state index contributed by atoms with van der Waals surface area (Å²) in [4.78, 5) is 39.5. The van der Waals surface area contributed by atoms with E-state index in [9.17, 15) is 19.7 Å². The zero-order valence-corrected chi connectivity index (χ0v) is 17.1. The lowest BCUT2D eigenvalue weighted by Gasteiger charge is -2.09. The molecule has 0 saturated heterocycles. The molecule has 0 aliphatic carbocycles. The normalized spacial score (nSPS) is 11.4. The van der Waals surface area contributed by atoms with Gasteiger partial charge in [-0.1, -0.05) is 23.5 Å². The number of methoxy groups -OCH3 is 3. The fourth-order valence-corrected chi connectivity index (χ4v) is 3.83. The predicted octanol–water partition coefficient (Wildman–Crippen LogP) is 2.54.